The average molecular weight is 421 g/mol. The summed E-state index contributed by atoms with van der Waals surface area (Å²) in [6, 6.07) is 17.7. The van der Waals surface area contributed by atoms with Crippen molar-refractivity contribution >= 4 is 35.2 Å². The van der Waals surface area contributed by atoms with Gasteiger partial charge < -0.3 is 4.90 Å². The van der Waals surface area contributed by atoms with Crippen LogP contribution in [0.2, 0.25) is 0 Å². The third-order valence-corrected chi connectivity index (χ3v) is 7.77. The number of amides is 3. The Balaban J connectivity index is 1.46. The van der Waals surface area contributed by atoms with Gasteiger partial charge in [-0.2, -0.15) is 0 Å². The van der Waals surface area contributed by atoms with E-state index in [1.54, 1.807) is 16.7 Å². The zero-order chi connectivity index (χ0) is 20.7. The molecule has 2 aliphatic heterocycles. The van der Waals surface area contributed by atoms with Gasteiger partial charge in [-0.25, -0.2) is 0 Å². The van der Waals surface area contributed by atoms with Crippen LogP contribution in [0.1, 0.15) is 43.7 Å². The predicted octanol–water partition coefficient (Wildman–Crippen LogP) is 4.19. The molecule has 0 radical (unpaired) electrons. The van der Waals surface area contributed by atoms with Crippen LogP contribution in [0.25, 0.3) is 0 Å². The van der Waals surface area contributed by atoms with Crippen molar-refractivity contribution in [1.82, 2.24) is 4.90 Å². The molecule has 30 heavy (non-hydrogen) atoms. The van der Waals surface area contributed by atoms with Gasteiger partial charge in [-0.15, -0.1) is 11.8 Å². The summed E-state index contributed by atoms with van der Waals surface area (Å²) < 4.78 is 0. The van der Waals surface area contributed by atoms with Crippen LogP contribution in [0.15, 0.2) is 59.5 Å². The van der Waals surface area contributed by atoms with E-state index in [2.05, 4.69) is 0 Å². The molecule has 3 aliphatic rings. The molecule has 3 amide bonds. The molecule has 0 bridgehead atoms. The lowest BCUT2D eigenvalue weighted by Crippen LogP contribution is -2.47. The molecule has 1 atom stereocenters. The highest BCUT2D eigenvalue weighted by atomic mass is 32.2. The standard InChI is InChI=1S/C24H24N2O3S/c27-21-14-24(12-6-7-13-24)23(29)25(21)15-22(28)26-18-10-4-5-11-20(18)30-16-19(26)17-8-2-1-3-9-17/h1-5,8-11,19H,6-7,12-16H2. The van der Waals surface area contributed by atoms with E-state index in [-0.39, 0.29) is 36.7 Å². The van der Waals surface area contributed by atoms with Crippen molar-refractivity contribution in [2.75, 3.05) is 17.2 Å². The summed E-state index contributed by atoms with van der Waals surface area (Å²) in [5.74, 6) is 0.187. The van der Waals surface area contributed by atoms with Gasteiger partial charge >= 0.3 is 0 Å². The number of carbonyl (C=O) groups is 3. The van der Waals surface area contributed by atoms with Crippen molar-refractivity contribution in [3.8, 4) is 0 Å². The lowest BCUT2D eigenvalue weighted by molar-refractivity contribution is -0.144. The van der Waals surface area contributed by atoms with Gasteiger partial charge in [0.05, 0.1) is 17.1 Å². The Morgan fingerprint density at radius 3 is 2.47 bits per heavy atom. The van der Waals surface area contributed by atoms with Gasteiger partial charge in [0.1, 0.15) is 6.54 Å². The van der Waals surface area contributed by atoms with E-state index in [1.165, 1.54) is 4.90 Å². The van der Waals surface area contributed by atoms with Crippen molar-refractivity contribution in [2.24, 2.45) is 5.41 Å². The Morgan fingerprint density at radius 1 is 1.00 bits per heavy atom. The number of nitrogens with zero attached hydrogens (tertiary/aromatic N) is 2. The molecule has 2 aromatic rings. The number of imide groups is 1. The lowest BCUT2D eigenvalue weighted by atomic mass is 9.84. The summed E-state index contributed by atoms with van der Waals surface area (Å²) >= 11 is 1.73. The number of para-hydroxylation sites is 1. The number of rotatable bonds is 3. The highest BCUT2D eigenvalue weighted by Crippen LogP contribution is 2.47. The van der Waals surface area contributed by atoms with Gasteiger partial charge in [0, 0.05) is 17.1 Å². The van der Waals surface area contributed by atoms with Crippen LogP contribution >= 0.6 is 11.8 Å². The summed E-state index contributed by atoms with van der Waals surface area (Å²) in [5.41, 5.74) is 1.35. The second-order valence-electron chi connectivity index (χ2n) is 8.42. The van der Waals surface area contributed by atoms with Gasteiger partial charge in [-0.05, 0) is 30.5 Å². The minimum atomic E-state index is -0.550. The molecule has 6 heteroatoms. The molecule has 2 fully saturated rings. The number of benzene rings is 2. The Hall–Kier alpha value is -2.60. The second-order valence-corrected chi connectivity index (χ2v) is 9.48. The Labute approximate surface area is 180 Å². The first kappa shape index (κ1) is 19.4. The number of hydrogen-bond acceptors (Lipinski definition) is 4. The first-order valence-corrected chi connectivity index (χ1v) is 11.5. The van der Waals surface area contributed by atoms with Crippen molar-refractivity contribution in [3.05, 3.63) is 60.2 Å². The van der Waals surface area contributed by atoms with E-state index < -0.39 is 5.41 Å². The fraction of sp³-hybridized carbons (Fsp3) is 0.375. The van der Waals surface area contributed by atoms with Gasteiger partial charge in [0.25, 0.3) is 0 Å². The average Bonchev–Trinajstić information content (AvgIpc) is 3.34. The van der Waals surface area contributed by atoms with Crippen LogP contribution in [0.3, 0.4) is 0 Å². The third-order valence-electron chi connectivity index (χ3n) is 6.63. The quantitative estimate of drug-likeness (QED) is 0.699. The zero-order valence-electron chi connectivity index (χ0n) is 16.8. The van der Waals surface area contributed by atoms with Gasteiger partial charge in [0.2, 0.25) is 17.7 Å². The molecular weight excluding hydrogens is 396 g/mol. The van der Waals surface area contributed by atoms with Crippen LogP contribution in [-0.4, -0.2) is 34.9 Å². The Morgan fingerprint density at radius 2 is 1.70 bits per heavy atom. The topological polar surface area (TPSA) is 57.7 Å². The Kier molecular flexibility index (Phi) is 4.89. The monoisotopic (exact) mass is 420 g/mol. The number of carbonyl (C=O) groups excluding carboxylic acids is 3. The summed E-state index contributed by atoms with van der Waals surface area (Å²) in [5, 5.41) is 0. The molecule has 0 N–H and O–H groups in total. The third kappa shape index (κ3) is 3.14. The van der Waals surface area contributed by atoms with E-state index in [9.17, 15) is 14.4 Å². The molecule has 1 spiro atoms. The molecule has 154 valence electrons. The van der Waals surface area contributed by atoms with Crippen LogP contribution in [0, 0.1) is 5.41 Å². The van der Waals surface area contributed by atoms with Gasteiger partial charge in [-0.1, -0.05) is 55.3 Å². The van der Waals surface area contributed by atoms with Crippen molar-refractivity contribution in [2.45, 2.75) is 43.0 Å². The highest BCUT2D eigenvalue weighted by Gasteiger charge is 2.53. The number of thioether (sulfide) groups is 1. The first-order chi connectivity index (χ1) is 14.6. The lowest BCUT2D eigenvalue weighted by Gasteiger charge is -2.37. The minimum Gasteiger partial charge on any atom is -0.301 e. The predicted molar refractivity (Wildman–Crippen MR) is 116 cm³/mol. The molecule has 1 saturated carbocycles. The Bertz CT molecular complexity index is 1000. The summed E-state index contributed by atoms with van der Waals surface area (Å²) in [7, 11) is 0. The summed E-state index contributed by atoms with van der Waals surface area (Å²) in [6.07, 6.45) is 3.74. The number of hydrogen-bond donors (Lipinski definition) is 0. The van der Waals surface area contributed by atoms with E-state index in [0.717, 1.165) is 47.6 Å². The fourth-order valence-electron chi connectivity index (χ4n) is 5.09. The maximum Gasteiger partial charge on any atom is 0.247 e. The molecule has 0 aromatic heterocycles. The number of likely N-dealkylation sites (tertiary alicyclic amines) is 1. The SMILES string of the molecule is O=C1CC2(CCCC2)C(=O)N1CC(=O)N1c2ccccc2SCC1c1ccccc1. The molecule has 2 heterocycles. The van der Waals surface area contributed by atoms with Crippen molar-refractivity contribution in [1.29, 1.82) is 0 Å². The molecule has 5 nitrogen and oxygen atoms in total. The number of fused-ring (bicyclic) bond motifs is 1. The molecule has 1 saturated heterocycles. The van der Waals surface area contributed by atoms with E-state index in [0.29, 0.717) is 0 Å². The van der Waals surface area contributed by atoms with Crippen LogP contribution in [0.5, 0.6) is 0 Å². The summed E-state index contributed by atoms with van der Waals surface area (Å²) in [6.45, 7) is -0.179. The van der Waals surface area contributed by atoms with E-state index in [4.69, 9.17) is 0 Å². The highest BCUT2D eigenvalue weighted by molar-refractivity contribution is 7.99. The zero-order valence-corrected chi connectivity index (χ0v) is 17.6. The van der Waals surface area contributed by atoms with E-state index >= 15 is 0 Å². The molecule has 1 aliphatic carbocycles. The number of anilines is 1. The molecule has 5 rings (SSSR count). The molecule has 1 unspecified atom stereocenters. The van der Waals surface area contributed by atoms with Crippen LogP contribution in [0.4, 0.5) is 5.69 Å². The smallest absolute Gasteiger partial charge is 0.247 e. The maximum atomic E-state index is 13.6. The van der Waals surface area contributed by atoms with Gasteiger partial charge in [-0.3, -0.25) is 19.3 Å². The van der Waals surface area contributed by atoms with Crippen LogP contribution in [-0.2, 0) is 14.4 Å². The first-order valence-electron chi connectivity index (χ1n) is 10.5. The largest absolute Gasteiger partial charge is 0.301 e. The van der Waals surface area contributed by atoms with Gasteiger partial charge in [0.15, 0.2) is 0 Å². The molecular formula is C24H24N2O3S. The summed E-state index contributed by atoms with van der Waals surface area (Å²) in [4.78, 5) is 43.4. The maximum absolute atomic E-state index is 13.6. The minimum absolute atomic E-state index is 0.133. The van der Waals surface area contributed by atoms with E-state index in [1.807, 2.05) is 54.6 Å². The normalized spacial score (nSPS) is 22.6. The fourth-order valence-corrected chi connectivity index (χ4v) is 6.26. The second kappa shape index (κ2) is 7.58. The van der Waals surface area contributed by atoms with Crippen LogP contribution < -0.4 is 4.90 Å². The van der Waals surface area contributed by atoms with Crippen molar-refractivity contribution < 1.29 is 14.4 Å². The molecule has 2 aromatic carbocycles. The van der Waals surface area contributed by atoms with Crippen molar-refractivity contribution in [3.63, 3.8) is 0 Å².